The number of aromatic nitrogens is 1. The van der Waals surface area contributed by atoms with Gasteiger partial charge in [-0.1, -0.05) is 41.0 Å². The summed E-state index contributed by atoms with van der Waals surface area (Å²) in [6.45, 7) is 4.32. The second-order valence-corrected chi connectivity index (χ2v) is 11.1. The largest absolute Gasteiger partial charge is 0.497 e. The van der Waals surface area contributed by atoms with Gasteiger partial charge >= 0.3 is 0 Å². The van der Waals surface area contributed by atoms with Crippen LogP contribution in [0, 0.1) is 0 Å². The molecule has 1 aromatic heterocycles. The minimum absolute atomic E-state index is 0.0430. The summed E-state index contributed by atoms with van der Waals surface area (Å²) in [5.74, 6) is 2.21. The number of hydrogen-bond acceptors (Lipinski definition) is 7. The zero-order valence-electron chi connectivity index (χ0n) is 23.4. The van der Waals surface area contributed by atoms with Crippen molar-refractivity contribution in [2.75, 3.05) is 50.6 Å². The summed E-state index contributed by atoms with van der Waals surface area (Å²) in [6.07, 6.45) is 0. The molecule has 2 N–H and O–H groups in total. The molecule has 0 amide bonds. The fourth-order valence-corrected chi connectivity index (χ4v) is 6.30. The molecule has 4 aromatic carbocycles. The van der Waals surface area contributed by atoms with Crippen LogP contribution >= 0.6 is 11.6 Å². The number of rotatable bonds is 7. The van der Waals surface area contributed by atoms with Crippen molar-refractivity contribution >= 4 is 45.3 Å². The van der Waals surface area contributed by atoms with E-state index in [1.165, 1.54) is 4.90 Å². The minimum Gasteiger partial charge on any atom is -0.497 e. The van der Waals surface area contributed by atoms with E-state index in [9.17, 15) is 4.79 Å². The molecule has 1 aliphatic heterocycles. The molecule has 42 heavy (non-hydrogen) atoms. The van der Waals surface area contributed by atoms with Gasteiger partial charge in [0.2, 0.25) is 0 Å². The molecule has 7 rings (SSSR count). The molecule has 0 spiro atoms. The Morgan fingerprint density at radius 2 is 1.74 bits per heavy atom. The Labute approximate surface area is 248 Å². The molecule has 1 aliphatic carbocycles. The molecule has 1 saturated heterocycles. The lowest BCUT2D eigenvalue weighted by atomic mass is 9.86. The van der Waals surface area contributed by atoms with Crippen LogP contribution in [0.3, 0.4) is 0 Å². The van der Waals surface area contributed by atoms with Gasteiger partial charge in [-0.15, -0.1) is 0 Å². The van der Waals surface area contributed by atoms with Crippen molar-refractivity contribution in [1.82, 2.24) is 5.16 Å². The van der Waals surface area contributed by atoms with Crippen molar-refractivity contribution in [3.63, 3.8) is 0 Å². The third-order valence-electron chi connectivity index (χ3n) is 8.24. The van der Waals surface area contributed by atoms with Crippen molar-refractivity contribution in [3.8, 4) is 22.8 Å². The van der Waals surface area contributed by atoms with E-state index in [2.05, 4.69) is 15.4 Å². The maximum Gasteiger partial charge on any atom is 0.196 e. The summed E-state index contributed by atoms with van der Waals surface area (Å²) in [5, 5.41) is 9.52. The lowest BCUT2D eigenvalue weighted by Crippen LogP contribution is -3.13. The van der Waals surface area contributed by atoms with Crippen molar-refractivity contribution in [2.24, 2.45) is 0 Å². The molecule has 0 bridgehead atoms. The maximum absolute atomic E-state index is 13.9. The van der Waals surface area contributed by atoms with E-state index in [1.54, 1.807) is 14.2 Å². The predicted octanol–water partition coefficient (Wildman–Crippen LogP) is 5.36. The van der Waals surface area contributed by atoms with Gasteiger partial charge in [0.05, 0.1) is 62.7 Å². The maximum atomic E-state index is 13.9. The van der Waals surface area contributed by atoms with Crippen LogP contribution < -0.4 is 24.6 Å². The number of methoxy groups -OCH3 is 2. The highest BCUT2D eigenvalue weighted by atomic mass is 35.5. The SMILES string of the molecule is COc1ccc(Nc2cc(N3CC[NH+](Cc4cc(Cl)ccc4OC)CC3)c3noc4c3c2C(=O)c2ccccc2-4)cc1. The number of ether oxygens (including phenoxy) is 2. The zero-order chi connectivity index (χ0) is 28.8. The van der Waals surface area contributed by atoms with Gasteiger partial charge in [-0.2, -0.15) is 0 Å². The molecule has 5 aromatic rings. The van der Waals surface area contributed by atoms with E-state index in [1.807, 2.05) is 72.8 Å². The van der Waals surface area contributed by atoms with Gasteiger partial charge in [-0.25, -0.2) is 0 Å². The number of nitrogens with one attached hydrogen (secondary N) is 2. The summed E-state index contributed by atoms with van der Waals surface area (Å²) in [4.78, 5) is 17.7. The topological polar surface area (TPSA) is 81.3 Å². The Morgan fingerprint density at radius 1 is 0.976 bits per heavy atom. The smallest absolute Gasteiger partial charge is 0.196 e. The highest BCUT2D eigenvalue weighted by Crippen LogP contribution is 2.46. The number of hydrogen-bond donors (Lipinski definition) is 2. The average Bonchev–Trinajstić information content (AvgIpc) is 3.46. The first-order valence-corrected chi connectivity index (χ1v) is 14.3. The third kappa shape index (κ3) is 4.53. The third-order valence-corrected chi connectivity index (χ3v) is 8.48. The van der Waals surface area contributed by atoms with Gasteiger partial charge in [0.15, 0.2) is 11.5 Å². The summed E-state index contributed by atoms with van der Waals surface area (Å²) < 4.78 is 16.9. The highest BCUT2D eigenvalue weighted by molar-refractivity contribution is 6.30. The number of carbonyl (C=O) groups excluding carboxylic acids is 1. The molecule has 8 nitrogen and oxygen atoms in total. The standard InChI is InChI=1S/C33H29ClN4O4/c1-40-23-10-8-22(9-11-23)35-26-18-27(31-30-29(26)32(39)24-5-3-4-6-25(24)33(30)42-36-31)38-15-13-37(14-16-38)19-20-17-21(34)7-12-28(20)41-2/h3-12,17-18,35H,13-16,19H2,1-2H3/p+1. The van der Waals surface area contributed by atoms with Gasteiger partial charge in [0.1, 0.15) is 23.6 Å². The van der Waals surface area contributed by atoms with E-state index in [-0.39, 0.29) is 5.78 Å². The van der Waals surface area contributed by atoms with Crippen LogP contribution in [-0.4, -0.2) is 51.3 Å². The fourth-order valence-electron chi connectivity index (χ4n) is 6.11. The predicted molar refractivity (Wildman–Crippen MR) is 164 cm³/mol. The van der Waals surface area contributed by atoms with Crippen molar-refractivity contribution < 1.29 is 23.7 Å². The number of anilines is 3. The van der Waals surface area contributed by atoms with Crippen LogP contribution in [-0.2, 0) is 6.54 Å². The zero-order valence-corrected chi connectivity index (χ0v) is 24.1. The summed E-state index contributed by atoms with van der Waals surface area (Å²) in [6, 6.07) is 23.1. The second-order valence-electron chi connectivity index (χ2n) is 10.7. The first-order chi connectivity index (χ1) is 20.5. The molecule has 0 saturated carbocycles. The average molecular weight is 582 g/mol. The molecule has 0 radical (unpaired) electrons. The van der Waals surface area contributed by atoms with E-state index >= 15 is 0 Å². The molecule has 212 valence electrons. The molecule has 2 heterocycles. The quantitative estimate of drug-likeness (QED) is 0.263. The van der Waals surface area contributed by atoms with Gasteiger partial charge in [0, 0.05) is 27.4 Å². The van der Waals surface area contributed by atoms with Crippen LogP contribution in [0.25, 0.3) is 22.2 Å². The van der Waals surface area contributed by atoms with Gasteiger partial charge in [-0.05, 0) is 48.5 Å². The minimum atomic E-state index is -0.0430. The Balaban J connectivity index is 1.25. The fraction of sp³-hybridized carbons (Fsp3) is 0.212. The Morgan fingerprint density at radius 3 is 2.48 bits per heavy atom. The molecule has 1 fully saturated rings. The van der Waals surface area contributed by atoms with Crippen molar-refractivity contribution in [2.45, 2.75) is 6.54 Å². The number of halogens is 1. The van der Waals surface area contributed by atoms with Crippen LogP contribution in [0.15, 0.2) is 77.3 Å². The van der Waals surface area contributed by atoms with E-state index in [0.29, 0.717) is 27.4 Å². The second kappa shape index (κ2) is 10.7. The summed E-state index contributed by atoms with van der Waals surface area (Å²) in [7, 11) is 3.33. The number of quaternary nitrogens is 1. The highest BCUT2D eigenvalue weighted by Gasteiger charge is 2.34. The molecule has 0 atom stereocenters. The molecular formula is C33H30ClN4O4+. The Bertz CT molecular complexity index is 1810. The Hall–Kier alpha value is -4.53. The number of benzene rings is 4. The lowest BCUT2D eigenvalue weighted by Gasteiger charge is -2.34. The number of fused-ring (bicyclic) bond motifs is 2. The van der Waals surface area contributed by atoms with Gasteiger partial charge in [0.25, 0.3) is 0 Å². The van der Waals surface area contributed by atoms with Gasteiger partial charge < -0.3 is 29.1 Å². The molecule has 2 aliphatic rings. The molecular weight excluding hydrogens is 552 g/mol. The van der Waals surface area contributed by atoms with Crippen LogP contribution in [0.1, 0.15) is 21.5 Å². The van der Waals surface area contributed by atoms with Crippen LogP contribution in [0.2, 0.25) is 5.02 Å². The summed E-state index contributed by atoms with van der Waals surface area (Å²) in [5.41, 5.74) is 6.31. The van der Waals surface area contributed by atoms with Gasteiger partial charge in [-0.3, -0.25) is 4.79 Å². The number of carbonyl (C=O) groups is 1. The molecule has 0 unspecified atom stereocenters. The monoisotopic (exact) mass is 581 g/mol. The first kappa shape index (κ1) is 26.4. The van der Waals surface area contributed by atoms with E-state index in [4.69, 9.17) is 25.6 Å². The normalized spacial score (nSPS) is 14.6. The van der Waals surface area contributed by atoms with E-state index in [0.717, 1.165) is 77.8 Å². The molecule has 9 heteroatoms. The Kier molecular flexibility index (Phi) is 6.72. The lowest BCUT2D eigenvalue weighted by molar-refractivity contribution is -0.914. The van der Waals surface area contributed by atoms with Crippen molar-refractivity contribution in [3.05, 3.63) is 94.5 Å². The number of nitrogens with zero attached hydrogens (tertiary/aromatic N) is 2. The first-order valence-electron chi connectivity index (χ1n) is 14.0. The van der Waals surface area contributed by atoms with Crippen LogP contribution in [0.5, 0.6) is 11.5 Å². The number of ketones is 1. The van der Waals surface area contributed by atoms with E-state index < -0.39 is 0 Å². The summed E-state index contributed by atoms with van der Waals surface area (Å²) >= 11 is 6.29. The van der Waals surface area contributed by atoms with Crippen LogP contribution in [0.4, 0.5) is 17.1 Å². The number of piperazine rings is 1. The van der Waals surface area contributed by atoms with Crippen molar-refractivity contribution in [1.29, 1.82) is 0 Å².